The van der Waals surface area contributed by atoms with Gasteiger partial charge in [-0.3, -0.25) is 4.79 Å². The van der Waals surface area contributed by atoms with Gasteiger partial charge in [-0.1, -0.05) is 63.2 Å². The van der Waals surface area contributed by atoms with Gasteiger partial charge in [0.15, 0.2) is 0 Å². The van der Waals surface area contributed by atoms with E-state index < -0.39 is 0 Å². The zero-order valence-corrected chi connectivity index (χ0v) is 18.8. The Labute approximate surface area is 184 Å². The molecule has 0 fully saturated rings. The van der Waals surface area contributed by atoms with Crippen LogP contribution in [0, 0.1) is 13.8 Å². The topological polar surface area (TPSA) is 53.8 Å². The Bertz CT molecular complexity index is 1120. The molecule has 0 spiro atoms. The number of carbonyl (C=O) groups excluding carboxylic acids is 1. The fourth-order valence-corrected chi connectivity index (χ4v) is 3.08. The largest absolute Gasteiger partial charge is 0.322 e. The maximum Gasteiger partial charge on any atom is 0.248 e. The number of aryl methyl sites for hydroxylation is 2. The third-order valence-corrected chi connectivity index (χ3v) is 5.06. The molecule has 0 bridgehead atoms. The zero-order valence-electron chi connectivity index (χ0n) is 18.8. The summed E-state index contributed by atoms with van der Waals surface area (Å²) in [6, 6.07) is 21.7. The number of nitrogens with one attached hydrogen (secondary N) is 1. The van der Waals surface area contributed by atoms with Crippen LogP contribution in [0.5, 0.6) is 0 Å². The van der Waals surface area contributed by atoms with Crippen LogP contribution in [0.4, 0.5) is 17.1 Å². The van der Waals surface area contributed by atoms with Gasteiger partial charge in [-0.2, -0.15) is 10.2 Å². The Kier molecular flexibility index (Phi) is 6.81. The van der Waals surface area contributed by atoms with Gasteiger partial charge < -0.3 is 5.32 Å². The van der Waals surface area contributed by atoms with Gasteiger partial charge in [0.25, 0.3) is 0 Å². The summed E-state index contributed by atoms with van der Waals surface area (Å²) in [5.74, 6) is -0.169. The number of azo groups is 1. The lowest BCUT2D eigenvalue weighted by molar-refractivity contribution is -0.111. The minimum absolute atomic E-state index is 0.114. The molecule has 0 saturated heterocycles. The van der Waals surface area contributed by atoms with Crippen LogP contribution in [0.3, 0.4) is 0 Å². The van der Waals surface area contributed by atoms with E-state index in [0.717, 1.165) is 33.8 Å². The summed E-state index contributed by atoms with van der Waals surface area (Å²) in [7, 11) is 0. The number of amides is 1. The molecule has 0 heterocycles. The quantitative estimate of drug-likeness (QED) is 0.340. The molecule has 1 N–H and O–H groups in total. The smallest absolute Gasteiger partial charge is 0.248 e. The molecule has 0 aromatic heterocycles. The Balaban J connectivity index is 1.64. The normalized spacial score (nSPS) is 11.9. The highest BCUT2D eigenvalue weighted by atomic mass is 16.1. The van der Waals surface area contributed by atoms with E-state index in [4.69, 9.17) is 0 Å². The van der Waals surface area contributed by atoms with Gasteiger partial charge in [-0.25, -0.2) is 0 Å². The standard InChI is InChI=1S/C27H29N3O/c1-19-8-6-7-9-25(19)30-29-23-15-16-24(20(2)18-23)28-26(31)17-12-21-10-13-22(14-11-21)27(3,4)5/h6-18H,1-5H3,(H,28,31). The number of anilines is 1. The van der Waals surface area contributed by atoms with Crippen molar-refractivity contribution in [1.29, 1.82) is 0 Å². The van der Waals surface area contributed by atoms with Crippen molar-refractivity contribution in [3.05, 3.63) is 95.1 Å². The Morgan fingerprint density at radius 3 is 2.23 bits per heavy atom. The molecule has 0 aliphatic carbocycles. The highest BCUT2D eigenvalue weighted by Crippen LogP contribution is 2.25. The molecular formula is C27H29N3O. The molecule has 0 unspecified atom stereocenters. The van der Waals surface area contributed by atoms with Crippen molar-refractivity contribution in [2.24, 2.45) is 10.2 Å². The fourth-order valence-electron chi connectivity index (χ4n) is 3.08. The van der Waals surface area contributed by atoms with E-state index in [0.29, 0.717) is 0 Å². The number of carbonyl (C=O) groups is 1. The summed E-state index contributed by atoms with van der Waals surface area (Å²) in [6.07, 6.45) is 3.37. The summed E-state index contributed by atoms with van der Waals surface area (Å²) >= 11 is 0. The summed E-state index contributed by atoms with van der Waals surface area (Å²) in [4.78, 5) is 12.4. The lowest BCUT2D eigenvalue weighted by atomic mass is 9.87. The second-order valence-corrected chi connectivity index (χ2v) is 8.68. The van der Waals surface area contributed by atoms with Gasteiger partial charge in [-0.15, -0.1) is 0 Å². The van der Waals surface area contributed by atoms with E-state index in [1.165, 1.54) is 5.56 Å². The molecule has 4 heteroatoms. The van der Waals surface area contributed by atoms with E-state index in [9.17, 15) is 4.79 Å². The van der Waals surface area contributed by atoms with Crippen LogP contribution in [-0.4, -0.2) is 5.91 Å². The number of benzene rings is 3. The van der Waals surface area contributed by atoms with Gasteiger partial charge in [0.05, 0.1) is 11.4 Å². The molecule has 0 radical (unpaired) electrons. The van der Waals surface area contributed by atoms with Crippen LogP contribution in [0.2, 0.25) is 0 Å². The van der Waals surface area contributed by atoms with Gasteiger partial charge in [0, 0.05) is 11.8 Å². The SMILES string of the molecule is Cc1ccccc1N=Nc1ccc(NC(=O)C=Cc2ccc(C(C)(C)C)cc2)c(C)c1. The average Bonchev–Trinajstić information content (AvgIpc) is 2.73. The van der Waals surface area contributed by atoms with E-state index in [-0.39, 0.29) is 11.3 Å². The van der Waals surface area contributed by atoms with Crippen molar-refractivity contribution in [1.82, 2.24) is 0 Å². The monoisotopic (exact) mass is 411 g/mol. The van der Waals surface area contributed by atoms with Crippen LogP contribution in [0.1, 0.15) is 43.0 Å². The molecule has 0 aliphatic rings. The minimum Gasteiger partial charge on any atom is -0.322 e. The van der Waals surface area contributed by atoms with Crippen LogP contribution in [0.15, 0.2) is 83.0 Å². The molecule has 0 saturated carbocycles. The number of hydrogen-bond acceptors (Lipinski definition) is 3. The molecule has 3 aromatic rings. The lowest BCUT2D eigenvalue weighted by Gasteiger charge is -2.18. The molecule has 0 atom stereocenters. The zero-order chi connectivity index (χ0) is 22.4. The van der Waals surface area contributed by atoms with E-state index in [1.807, 2.05) is 74.5 Å². The second kappa shape index (κ2) is 9.52. The first kappa shape index (κ1) is 22.2. The first-order valence-electron chi connectivity index (χ1n) is 10.4. The van der Waals surface area contributed by atoms with Crippen molar-refractivity contribution < 1.29 is 4.79 Å². The lowest BCUT2D eigenvalue weighted by Crippen LogP contribution is -2.10. The molecular weight excluding hydrogens is 382 g/mol. The summed E-state index contributed by atoms with van der Waals surface area (Å²) in [5.41, 5.74) is 6.72. The van der Waals surface area contributed by atoms with Crippen molar-refractivity contribution >= 4 is 29.0 Å². The van der Waals surface area contributed by atoms with Crippen molar-refractivity contribution in [3.8, 4) is 0 Å². The van der Waals surface area contributed by atoms with Gasteiger partial charge in [0.1, 0.15) is 0 Å². The average molecular weight is 412 g/mol. The van der Waals surface area contributed by atoms with Crippen molar-refractivity contribution in [3.63, 3.8) is 0 Å². The van der Waals surface area contributed by atoms with E-state index >= 15 is 0 Å². The first-order valence-corrected chi connectivity index (χ1v) is 10.4. The maximum absolute atomic E-state index is 12.4. The molecule has 158 valence electrons. The fraction of sp³-hybridized carbons (Fsp3) is 0.222. The van der Waals surface area contributed by atoms with Gasteiger partial charge in [0.2, 0.25) is 5.91 Å². The molecule has 31 heavy (non-hydrogen) atoms. The highest BCUT2D eigenvalue weighted by Gasteiger charge is 2.12. The highest BCUT2D eigenvalue weighted by molar-refractivity contribution is 6.02. The Morgan fingerprint density at radius 1 is 0.871 bits per heavy atom. The Morgan fingerprint density at radius 2 is 1.58 bits per heavy atom. The Hall–Kier alpha value is -3.53. The number of nitrogens with zero attached hydrogens (tertiary/aromatic N) is 2. The predicted octanol–water partition coefficient (Wildman–Crippen LogP) is 7.67. The molecule has 3 rings (SSSR count). The van der Waals surface area contributed by atoms with Gasteiger partial charge in [-0.05, 0) is 71.9 Å². The molecule has 4 nitrogen and oxygen atoms in total. The first-order chi connectivity index (χ1) is 14.7. The minimum atomic E-state index is -0.169. The molecule has 3 aromatic carbocycles. The van der Waals surface area contributed by atoms with Gasteiger partial charge >= 0.3 is 0 Å². The van der Waals surface area contributed by atoms with Crippen molar-refractivity contribution in [2.45, 2.75) is 40.0 Å². The van der Waals surface area contributed by atoms with Crippen LogP contribution in [0.25, 0.3) is 6.08 Å². The summed E-state index contributed by atoms with van der Waals surface area (Å²) in [6.45, 7) is 10.5. The van der Waals surface area contributed by atoms with Crippen LogP contribution < -0.4 is 5.32 Å². The van der Waals surface area contributed by atoms with Crippen LogP contribution >= 0.6 is 0 Å². The number of hydrogen-bond donors (Lipinski definition) is 1. The maximum atomic E-state index is 12.4. The third-order valence-electron chi connectivity index (χ3n) is 5.06. The van der Waals surface area contributed by atoms with Crippen LogP contribution in [-0.2, 0) is 10.2 Å². The number of rotatable bonds is 5. The second-order valence-electron chi connectivity index (χ2n) is 8.68. The van der Waals surface area contributed by atoms with E-state index in [1.54, 1.807) is 6.08 Å². The summed E-state index contributed by atoms with van der Waals surface area (Å²) < 4.78 is 0. The summed E-state index contributed by atoms with van der Waals surface area (Å²) in [5, 5.41) is 11.6. The third kappa shape index (κ3) is 6.22. The van der Waals surface area contributed by atoms with E-state index in [2.05, 4.69) is 48.4 Å². The van der Waals surface area contributed by atoms with Crippen molar-refractivity contribution in [2.75, 3.05) is 5.32 Å². The molecule has 1 amide bonds. The molecule has 0 aliphatic heterocycles. The predicted molar refractivity (Wildman–Crippen MR) is 129 cm³/mol.